The SMILES string of the molecule is CSC1CCCC(NC(=O)C(N)CCS(C)(=O)=O)C1. The zero-order valence-corrected chi connectivity index (χ0v) is 13.2. The van der Waals surface area contributed by atoms with E-state index in [0.717, 1.165) is 25.5 Å². The lowest BCUT2D eigenvalue weighted by molar-refractivity contribution is -0.123. The quantitative estimate of drug-likeness (QED) is 0.747. The fraction of sp³-hybridized carbons (Fsp3) is 0.917. The molecule has 112 valence electrons. The van der Waals surface area contributed by atoms with Gasteiger partial charge in [0.2, 0.25) is 5.91 Å². The highest BCUT2D eigenvalue weighted by Crippen LogP contribution is 2.26. The molecule has 19 heavy (non-hydrogen) atoms. The predicted molar refractivity (Wildman–Crippen MR) is 80.0 cm³/mol. The average Bonchev–Trinajstić information content (AvgIpc) is 2.35. The molecule has 3 unspecified atom stereocenters. The van der Waals surface area contributed by atoms with Crippen LogP contribution in [0.5, 0.6) is 0 Å². The Morgan fingerprint density at radius 2 is 2.16 bits per heavy atom. The Hall–Kier alpha value is -0.270. The number of nitrogens with two attached hydrogens (primary N) is 1. The fourth-order valence-corrected chi connectivity index (χ4v) is 3.78. The van der Waals surface area contributed by atoms with Gasteiger partial charge in [0, 0.05) is 17.5 Å². The second-order valence-electron chi connectivity index (χ2n) is 5.25. The summed E-state index contributed by atoms with van der Waals surface area (Å²) in [4.78, 5) is 11.9. The smallest absolute Gasteiger partial charge is 0.237 e. The van der Waals surface area contributed by atoms with Crippen LogP contribution in [-0.4, -0.2) is 49.9 Å². The highest BCUT2D eigenvalue weighted by Gasteiger charge is 2.24. The number of hydrogen-bond acceptors (Lipinski definition) is 5. The Balaban J connectivity index is 2.37. The van der Waals surface area contributed by atoms with Gasteiger partial charge in [-0.1, -0.05) is 6.42 Å². The van der Waals surface area contributed by atoms with E-state index in [1.54, 1.807) is 0 Å². The first-order valence-electron chi connectivity index (χ1n) is 6.58. The van der Waals surface area contributed by atoms with Crippen LogP contribution in [0.1, 0.15) is 32.1 Å². The molecule has 1 aliphatic carbocycles. The number of carbonyl (C=O) groups is 1. The molecule has 3 atom stereocenters. The van der Waals surface area contributed by atoms with Gasteiger partial charge in [-0.2, -0.15) is 11.8 Å². The van der Waals surface area contributed by atoms with Crippen molar-refractivity contribution in [3.63, 3.8) is 0 Å². The minimum atomic E-state index is -3.06. The predicted octanol–water partition coefficient (Wildman–Crippen LogP) is 0.539. The lowest BCUT2D eigenvalue weighted by Gasteiger charge is -2.29. The summed E-state index contributed by atoms with van der Waals surface area (Å²) < 4.78 is 22.1. The van der Waals surface area contributed by atoms with Crippen LogP contribution in [0, 0.1) is 0 Å². The zero-order valence-electron chi connectivity index (χ0n) is 11.6. The van der Waals surface area contributed by atoms with Gasteiger partial charge in [-0.3, -0.25) is 4.79 Å². The van der Waals surface area contributed by atoms with E-state index in [2.05, 4.69) is 11.6 Å². The summed E-state index contributed by atoms with van der Waals surface area (Å²) in [5.74, 6) is -0.268. The van der Waals surface area contributed by atoms with Crippen molar-refractivity contribution in [1.29, 1.82) is 0 Å². The second kappa shape index (κ2) is 7.50. The van der Waals surface area contributed by atoms with Gasteiger partial charge in [0.05, 0.1) is 11.8 Å². The summed E-state index contributed by atoms with van der Waals surface area (Å²) >= 11 is 1.84. The Bertz CT molecular complexity index is 398. The van der Waals surface area contributed by atoms with Crippen LogP contribution in [0.4, 0.5) is 0 Å². The average molecular weight is 308 g/mol. The number of amides is 1. The highest BCUT2D eigenvalue weighted by molar-refractivity contribution is 7.99. The van der Waals surface area contributed by atoms with E-state index in [-0.39, 0.29) is 24.1 Å². The fourth-order valence-electron chi connectivity index (χ4n) is 2.27. The van der Waals surface area contributed by atoms with Gasteiger partial charge in [0.25, 0.3) is 0 Å². The minimum Gasteiger partial charge on any atom is -0.352 e. The van der Waals surface area contributed by atoms with E-state index in [0.29, 0.717) is 5.25 Å². The maximum Gasteiger partial charge on any atom is 0.237 e. The molecule has 3 N–H and O–H groups in total. The molecule has 1 aliphatic rings. The normalized spacial score (nSPS) is 25.8. The van der Waals surface area contributed by atoms with Crippen molar-refractivity contribution >= 4 is 27.5 Å². The van der Waals surface area contributed by atoms with Crippen LogP contribution in [0.15, 0.2) is 0 Å². The van der Waals surface area contributed by atoms with Gasteiger partial charge >= 0.3 is 0 Å². The molecule has 5 nitrogen and oxygen atoms in total. The zero-order chi connectivity index (χ0) is 14.5. The topological polar surface area (TPSA) is 89.3 Å². The van der Waals surface area contributed by atoms with Gasteiger partial charge < -0.3 is 11.1 Å². The number of thioether (sulfide) groups is 1. The van der Waals surface area contributed by atoms with Gasteiger partial charge in [-0.25, -0.2) is 8.42 Å². The van der Waals surface area contributed by atoms with Crippen molar-refractivity contribution in [3.8, 4) is 0 Å². The molecule has 0 spiro atoms. The van der Waals surface area contributed by atoms with Crippen molar-refractivity contribution in [2.45, 2.75) is 49.4 Å². The minimum absolute atomic E-state index is 0.0420. The van der Waals surface area contributed by atoms with Crippen LogP contribution >= 0.6 is 11.8 Å². The number of nitrogens with one attached hydrogen (secondary N) is 1. The van der Waals surface area contributed by atoms with Crippen LogP contribution in [0.2, 0.25) is 0 Å². The third-order valence-electron chi connectivity index (χ3n) is 3.44. The maximum absolute atomic E-state index is 11.9. The van der Waals surface area contributed by atoms with E-state index in [1.807, 2.05) is 11.8 Å². The molecule has 1 amide bonds. The first kappa shape index (κ1) is 16.8. The number of hydrogen-bond donors (Lipinski definition) is 2. The van der Waals surface area contributed by atoms with Crippen LogP contribution < -0.4 is 11.1 Å². The Morgan fingerprint density at radius 1 is 1.47 bits per heavy atom. The maximum atomic E-state index is 11.9. The standard InChI is InChI=1S/C12H24N2O3S2/c1-18-10-5-3-4-9(8-10)14-12(15)11(13)6-7-19(2,16)17/h9-11H,3-8,13H2,1-2H3,(H,14,15). The summed E-state index contributed by atoms with van der Waals surface area (Å²) in [6.45, 7) is 0. The molecule has 0 aromatic carbocycles. The van der Waals surface area contributed by atoms with E-state index in [9.17, 15) is 13.2 Å². The summed E-state index contributed by atoms with van der Waals surface area (Å²) in [5.41, 5.74) is 5.73. The molecule has 0 saturated heterocycles. The molecule has 0 radical (unpaired) electrons. The number of rotatable bonds is 6. The third-order valence-corrected chi connectivity index (χ3v) is 5.51. The van der Waals surface area contributed by atoms with Crippen LogP contribution in [-0.2, 0) is 14.6 Å². The number of carbonyl (C=O) groups excluding carboxylic acids is 1. The summed E-state index contributed by atoms with van der Waals surface area (Å²) in [7, 11) is -3.06. The van der Waals surface area contributed by atoms with Crippen molar-refractivity contribution in [2.75, 3.05) is 18.3 Å². The Morgan fingerprint density at radius 3 is 2.74 bits per heavy atom. The molecule has 0 aromatic heterocycles. The third kappa shape index (κ3) is 6.63. The van der Waals surface area contributed by atoms with E-state index >= 15 is 0 Å². The summed E-state index contributed by atoms with van der Waals surface area (Å²) in [6.07, 6.45) is 7.72. The number of sulfone groups is 1. The largest absolute Gasteiger partial charge is 0.352 e. The van der Waals surface area contributed by atoms with Gasteiger partial charge in [0.1, 0.15) is 9.84 Å². The molecular formula is C12H24N2O3S2. The Labute approximate surface area is 120 Å². The lowest BCUT2D eigenvalue weighted by Crippen LogP contribution is -2.47. The molecule has 0 aliphatic heterocycles. The summed E-state index contributed by atoms with van der Waals surface area (Å²) in [5, 5.41) is 3.55. The monoisotopic (exact) mass is 308 g/mol. The first-order valence-corrected chi connectivity index (χ1v) is 9.93. The highest BCUT2D eigenvalue weighted by atomic mass is 32.2. The van der Waals surface area contributed by atoms with Crippen molar-refractivity contribution < 1.29 is 13.2 Å². The van der Waals surface area contributed by atoms with Crippen molar-refractivity contribution in [3.05, 3.63) is 0 Å². The second-order valence-corrected chi connectivity index (χ2v) is 8.65. The van der Waals surface area contributed by atoms with Crippen molar-refractivity contribution in [1.82, 2.24) is 5.32 Å². The molecule has 0 heterocycles. The molecule has 1 fully saturated rings. The molecule has 0 bridgehead atoms. The van der Waals surface area contributed by atoms with E-state index < -0.39 is 15.9 Å². The van der Waals surface area contributed by atoms with Gasteiger partial charge in [-0.05, 0) is 31.9 Å². The molecule has 1 saturated carbocycles. The first-order chi connectivity index (χ1) is 8.81. The van der Waals surface area contributed by atoms with Crippen LogP contribution in [0.25, 0.3) is 0 Å². The van der Waals surface area contributed by atoms with Crippen LogP contribution in [0.3, 0.4) is 0 Å². The molecule has 0 aromatic rings. The van der Waals surface area contributed by atoms with Gasteiger partial charge in [0.15, 0.2) is 0 Å². The molecular weight excluding hydrogens is 284 g/mol. The van der Waals surface area contributed by atoms with Gasteiger partial charge in [-0.15, -0.1) is 0 Å². The molecule has 7 heteroatoms. The van der Waals surface area contributed by atoms with E-state index in [1.165, 1.54) is 6.42 Å². The van der Waals surface area contributed by atoms with E-state index in [4.69, 9.17) is 5.73 Å². The van der Waals surface area contributed by atoms with Crippen molar-refractivity contribution in [2.24, 2.45) is 5.73 Å². The lowest BCUT2D eigenvalue weighted by atomic mass is 9.94. The molecule has 1 rings (SSSR count). The summed E-state index contributed by atoms with van der Waals surface area (Å²) in [6, 6.07) is -0.549. The Kier molecular flexibility index (Phi) is 6.62.